The second kappa shape index (κ2) is 11.0. The maximum atomic E-state index is 13.4. The molecule has 1 aliphatic carbocycles. The predicted octanol–water partition coefficient (Wildman–Crippen LogP) is 3.64. The molecule has 1 aliphatic heterocycles. The van der Waals surface area contributed by atoms with Gasteiger partial charge >= 0.3 is 5.97 Å². The smallest absolute Gasteiger partial charge is 0.332 e. The van der Waals surface area contributed by atoms with E-state index >= 15 is 0 Å². The first kappa shape index (κ1) is 27.2. The van der Waals surface area contributed by atoms with Gasteiger partial charge in [-0.05, 0) is 25.5 Å². The van der Waals surface area contributed by atoms with Gasteiger partial charge in [-0.3, -0.25) is 9.59 Å². The summed E-state index contributed by atoms with van der Waals surface area (Å²) in [4.78, 5) is 44.5. The summed E-state index contributed by atoms with van der Waals surface area (Å²) >= 11 is 0. The number of aromatic nitrogens is 1. The van der Waals surface area contributed by atoms with Crippen molar-refractivity contribution in [2.45, 2.75) is 37.5 Å². The first-order valence-electron chi connectivity index (χ1n) is 13.2. The fourth-order valence-electron chi connectivity index (χ4n) is 5.28. The molecule has 5 rings (SSSR count). The highest BCUT2D eigenvalue weighted by Gasteiger charge is 2.62. The third-order valence-corrected chi connectivity index (χ3v) is 7.48. The summed E-state index contributed by atoms with van der Waals surface area (Å²) in [7, 11) is 7.25. The number of benzene rings is 2. The number of esters is 1. The van der Waals surface area contributed by atoms with Gasteiger partial charge in [-0.25, -0.2) is 9.78 Å². The van der Waals surface area contributed by atoms with Crippen molar-refractivity contribution in [3.05, 3.63) is 67.3 Å². The van der Waals surface area contributed by atoms with E-state index < -0.39 is 35.4 Å². The van der Waals surface area contributed by atoms with E-state index in [1.807, 2.05) is 54.6 Å². The Labute approximate surface area is 233 Å². The number of nitrogens with one attached hydrogen (secondary N) is 1. The van der Waals surface area contributed by atoms with E-state index in [2.05, 4.69) is 11.9 Å². The molecule has 204 valence electrons. The van der Waals surface area contributed by atoms with Gasteiger partial charge in [-0.2, -0.15) is 0 Å². The monoisotopic (exact) mass is 539 g/mol. The van der Waals surface area contributed by atoms with Crippen LogP contribution in [-0.2, 0) is 14.3 Å². The fraction of sp³-hybridized carbons (Fsp3) is 0.333. The quantitative estimate of drug-likeness (QED) is 0.251. The van der Waals surface area contributed by atoms with Crippen LogP contribution in [-0.4, -0.2) is 73.4 Å². The van der Waals surface area contributed by atoms with Crippen LogP contribution in [0.2, 0.25) is 0 Å². The Morgan fingerprint density at radius 1 is 1.20 bits per heavy atom. The van der Waals surface area contributed by atoms with Crippen molar-refractivity contribution in [1.82, 2.24) is 15.2 Å². The summed E-state index contributed by atoms with van der Waals surface area (Å²) in [6.07, 6.45) is 1.66. The molecule has 2 aromatic carbocycles. The number of nitrogens with zero attached hydrogens (tertiary/aromatic N) is 2. The molecular weight excluding hydrogens is 509 g/mol. The normalized spacial score (nSPS) is 23.4. The van der Waals surface area contributed by atoms with Gasteiger partial charge in [0.25, 0.3) is 0 Å². The third-order valence-electron chi connectivity index (χ3n) is 7.48. The number of fused-ring (bicyclic) bond motifs is 1. The van der Waals surface area contributed by atoms with Gasteiger partial charge in [0.1, 0.15) is 29.2 Å². The summed E-state index contributed by atoms with van der Waals surface area (Å²) in [5.74, 6) is -0.793. The minimum atomic E-state index is -1.18. The number of methoxy groups -OCH3 is 1. The molecule has 1 saturated carbocycles. The highest BCUT2D eigenvalue weighted by atomic mass is 16.5. The van der Waals surface area contributed by atoms with E-state index in [1.165, 1.54) is 4.90 Å². The number of carbonyl (C=O) groups is 3. The molecule has 2 heterocycles. The summed E-state index contributed by atoms with van der Waals surface area (Å²) < 4.78 is 17.0. The molecule has 2 unspecified atom stereocenters. The average molecular weight is 539 g/mol. The lowest BCUT2D eigenvalue weighted by molar-refractivity contribution is -0.149. The van der Waals surface area contributed by atoms with Gasteiger partial charge in [0.2, 0.25) is 13.8 Å². The first-order valence-corrected chi connectivity index (χ1v) is 13.2. The van der Waals surface area contributed by atoms with Crippen molar-refractivity contribution in [2.24, 2.45) is 5.92 Å². The Balaban J connectivity index is 1.42. The summed E-state index contributed by atoms with van der Waals surface area (Å²) in [6, 6.07) is 16.1. The van der Waals surface area contributed by atoms with Crippen LogP contribution in [0.3, 0.4) is 0 Å². The number of carbonyl (C=O) groups excluding carboxylic acids is 3. The molecule has 2 radical (unpaired) electrons. The lowest BCUT2D eigenvalue weighted by Crippen LogP contribution is -2.53. The van der Waals surface area contributed by atoms with Gasteiger partial charge in [0.15, 0.2) is 5.81 Å². The molecule has 3 aromatic rings. The highest BCUT2D eigenvalue weighted by molar-refractivity contribution is 6.57. The van der Waals surface area contributed by atoms with Crippen molar-refractivity contribution in [3.8, 4) is 22.8 Å². The summed E-state index contributed by atoms with van der Waals surface area (Å²) in [5, 5.41) is 3.58. The zero-order chi connectivity index (χ0) is 28.4. The third kappa shape index (κ3) is 5.13. The fourth-order valence-corrected chi connectivity index (χ4v) is 5.28. The minimum absolute atomic E-state index is 0.103. The van der Waals surface area contributed by atoms with Crippen LogP contribution >= 0.6 is 0 Å². The number of rotatable bonds is 9. The molecule has 0 spiro atoms. The molecular formula is C30H30BN3O6. The molecule has 1 aromatic heterocycles. The molecule has 2 fully saturated rings. The zero-order valence-electron chi connectivity index (χ0n) is 22.5. The molecule has 40 heavy (non-hydrogen) atoms. The largest absolute Gasteiger partial charge is 0.497 e. The molecule has 9 nitrogen and oxygen atoms in total. The summed E-state index contributed by atoms with van der Waals surface area (Å²) in [5.41, 5.74) is 1.11. The maximum Gasteiger partial charge on any atom is 0.332 e. The zero-order valence-corrected chi connectivity index (χ0v) is 22.5. The van der Waals surface area contributed by atoms with E-state index in [-0.39, 0.29) is 25.5 Å². The lowest BCUT2D eigenvalue weighted by atomic mass is 10.1. The van der Waals surface area contributed by atoms with E-state index in [0.29, 0.717) is 29.1 Å². The molecule has 1 N–H and O–H groups in total. The van der Waals surface area contributed by atoms with Crippen molar-refractivity contribution < 1.29 is 28.6 Å². The molecule has 1 saturated heterocycles. The van der Waals surface area contributed by atoms with Gasteiger partial charge in [0, 0.05) is 35.4 Å². The average Bonchev–Trinajstić information content (AvgIpc) is 3.51. The van der Waals surface area contributed by atoms with Crippen LogP contribution in [0, 0.1) is 5.92 Å². The molecule has 2 aliphatic rings. The van der Waals surface area contributed by atoms with Crippen molar-refractivity contribution >= 4 is 36.4 Å². The molecule has 4 atom stereocenters. The van der Waals surface area contributed by atoms with E-state index in [4.69, 9.17) is 27.0 Å². The molecule has 10 heteroatoms. The van der Waals surface area contributed by atoms with Gasteiger partial charge in [-0.15, -0.1) is 6.58 Å². The van der Waals surface area contributed by atoms with E-state index in [1.54, 1.807) is 20.1 Å². The Morgan fingerprint density at radius 2 is 1.98 bits per heavy atom. The molecule has 2 amide bonds. The van der Waals surface area contributed by atoms with Crippen LogP contribution < -0.4 is 14.8 Å². The van der Waals surface area contributed by atoms with Crippen LogP contribution in [0.5, 0.6) is 11.5 Å². The Hall–Kier alpha value is -4.34. The van der Waals surface area contributed by atoms with E-state index in [9.17, 15) is 14.4 Å². The van der Waals surface area contributed by atoms with Crippen LogP contribution in [0.4, 0.5) is 4.79 Å². The number of pyridine rings is 1. The number of amides is 2. The lowest BCUT2D eigenvalue weighted by Gasteiger charge is -2.25. The van der Waals surface area contributed by atoms with Crippen molar-refractivity contribution in [3.63, 3.8) is 0 Å². The Bertz CT molecular complexity index is 1460. The van der Waals surface area contributed by atoms with Crippen molar-refractivity contribution in [2.75, 3.05) is 20.3 Å². The second-order valence-electron chi connectivity index (χ2n) is 9.96. The van der Waals surface area contributed by atoms with Crippen molar-refractivity contribution in [1.29, 1.82) is 0 Å². The molecule has 0 bridgehead atoms. The number of ether oxygens (including phenoxy) is 3. The number of hydrogen-bond donors (Lipinski definition) is 1. The predicted molar refractivity (Wildman–Crippen MR) is 150 cm³/mol. The van der Waals surface area contributed by atoms with Gasteiger partial charge < -0.3 is 24.4 Å². The maximum absolute atomic E-state index is 13.4. The van der Waals surface area contributed by atoms with Crippen LogP contribution in [0.15, 0.2) is 67.3 Å². The van der Waals surface area contributed by atoms with Gasteiger partial charge in [-0.1, -0.05) is 36.4 Å². The Morgan fingerprint density at radius 3 is 2.62 bits per heavy atom. The number of hydrogen-bond acceptors (Lipinski definition) is 7. The standard InChI is InChI=1S/C30H30BN3O6/c1-4-19-16-30(19,28(36)39-5-2)33-27(35)25-14-21(17-34(25)29(31)37)40-26-15-23(18-9-7-6-8-10-18)32-24-13-20(38-3)11-12-22(24)26/h4,6-13,15,19,21,25H,1,5,14,16-17H2,2-3H3,(H,33,35)/t19?,21-,25?,30-/m1/s1. The minimum Gasteiger partial charge on any atom is -0.497 e. The van der Waals surface area contributed by atoms with Gasteiger partial charge in [0.05, 0.1) is 31.5 Å². The first-order chi connectivity index (χ1) is 19.3. The van der Waals surface area contributed by atoms with E-state index in [0.717, 1.165) is 10.9 Å². The highest BCUT2D eigenvalue weighted by Crippen LogP contribution is 2.45. The second-order valence-corrected chi connectivity index (χ2v) is 9.96. The van der Waals surface area contributed by atoms with Crippen LogP contribution in [0.25, 0.3) is 22.2 Å². The SMILES string of the molecule is [B]C(=O)N1C[C@H](Oc2cc(-c3ccccc3)nc3cc(OC)ccc23)CC1C(=O)N[C@]1(C(=O)OCC)CC1C=C. The summed E-state index contributed by atoms with van der Waals surface area (Å²) in [6.45, 7) is 5.75. The number of likely N-dealkylation sites (tertiary alicyclic amines) is 1. The Kier molecular flexibility index (Phi) is 7.52. The topological polar surface area (TPSA) is 107 Å². The van der Waals surface area contributed by atoms with Crippen LogP contribution in [0.1, 0.15) is 19.8 Å².